The van der Waals surface area contributed by atoms with Crippen molar-refractivity contribution in [2.75, 3.05) is 13.1 Å². The number of unbranched alkanes of at least 4 members (excludes halogenated alkanes) is 10. The smallest absolute Gasteiger partial charge is 0.0997 e. The molecule has 1 aliphatic heterocycles. The van der Waals surface area contributed by atoms with Crippen molar-refractivity contribution >= 4 is 5.84 Å². The number of hydrogen-bond acceptors (Lipinski definition) is 3. The molecule has 2 N–H and O–H groups in total. The van der Waals surface area contributed by atoms with Crippen LogP contribution >= 0.6 is 0 Å². The van der Waals surface area contributed by atoms with Gasteiger partial charge >= 0.3 is 0 Å². The minimum atomic E-state index is 0.505. The summed E-state index contributed by atoms with van der Waals surface area (Å²) < 4.78 is 0. The van der Waals surface area contributed by atoms with Crippen molar-refractivity contribution in [1.82, 2.24) is 4.90 Å². The van der Waals surface area contributed by atoms with E-state index in [1.165, 1.54) is 109 Å². The number of amidine groups is 1. The molecule has 1 heterocycles. The lowest BCUT2D eigenvalue weighted by atomic mass is 9.97. The lowest BCUT2D eigenvalue weighted by molar-refractivity contribution is 0.275. The van der Waals surface area contributed by atoms with Crippen molar-refractivity contribution in [2.45, 2.75) is 142 Å². The first-order valence-electron chi connectivity index (χ1n) is 13.5. The molecule has 3 nitrogen and oxygen atoms in total. The van der Waals surface area contributed by atoms with E-state index in [4.69, 9.17) is 10.7 Å². The molecule has 0 aromatic carbocycles. The van der Waals surface area contributed by atoms with Gasteiger partial charge in [-0.25, -0.2) is 0 Å². The number of aliphatic imine (C=N–C) groups is 1. The molecule has 0 radical (unpaired) electrons. The van der Waals surface area contributed by atoms with E-state index in [1.54, 1.807) is 0 Å². The summed E-state index contributed by atoms with van der Waals surface area (Å²) in [5.41, 5.74) is 5.97. The Bertz CT molecular complexity index is 443. The summed E-state index contributed by atoms with van der Waals surface area (Å²) in [6.45, 7) is 8.58. The maximum Gasteiger partial charge on any atom is 0.0997 e. The lowest BCUT2D eigenvalue weighted by Crippen LogP contribution is -2.42. The third-order valence-corrected chi connectivity index (χ3v) is 6.48. The van der Waals surface area contributed by atoms with Crippen molar-refractivity contribution in [3.63, 3.8) is 0 Å². The third-order valence-electron chi connectivity index (χ3n) is 6.48. The van der Waals surface area contributed by atoms with Gasteiger partial charge in [0.25, 0.3) is 0 Å². The first-order chi connectivity index (χ1) is 14.8. The van der Waals surface area contributed by atoms with Gasteiger partial charge in [-0.1, -0.05) is 97.1 Å². The fourth-order valence-corrected chi connectivity index (χ4v) is 4.66. The Labute approximate surface area is 189 Å². The largest absolute Gasteiger partial charge is 0.354 e. The molecule has 0 aromatic heterocycles. The molecule has 0 fully saturated rings. The van der Waals surface area contributed by atoms with Crippen LogP contribution in [-0.4, -0.2) is 35.9 Å². The quantitative estimate of drug-likeness (QED) is 0.163. The summed E-state index contributed by atoms with van der Waals surface area (Å²) in [7, 11) is 0. The van der Waals surface area contributed by atoms with E-state index in [1.807, 2.05) is 0 Å². The van der Waals surface area contributed by atoms with Crippen molar-refractivity contribution in [2.24, 2.45) is 10.7 Å². The minimum absolute atomic E-state index is 0.505. The van der Waals surface area contributed by atoms with Gasteiger partial charge in [0.05, 0.1) is 17.9 Å². The van der Waals surface area contributed by atoms with Gasteiger partial charge in [0.1, 0.15) is 0 Å². The van der Waals surface area contributed by atoms with Crippen LogP contribution in [0.2, 0.25) is 0 Å². The van der Waals surface area contributed by atoms with Crippen molar-refractivity contribution in [1.29, 1.82) is 0 Å². The summed E-state index contributed by atoms with van der Waals surface area (Å²) in [4.78, 5) is 7.79. The van der Waals surface area contributed by atoms with Crippen molar-refractivity contribution < 1.29 is 0 Å². The van der Waals surface area contributed by atoms with Gasteiger partial charge in [-0.3, -0.25) is 4.99 Å². The lowest BCUT2D eigenvalue weighted by Gasteiger charge is -2.30. The Hall–Kier alpha value is -0.830. The van der Waals surface area contributed by atoms with Crippen molar-refractivity contribution in [3.8, 4) is 0 Å². The molecule has 176 valence electrons. The second-order valence-corrected chi connectivity index (χ2v) is 9.22. The van der Waals surface area contributed by atoms with Crippen LogP contribution in [-0.2, 0) is 0 Å². The number of nitrogens with two attached hydrogens (primary N) is 1. The molecule has 0 amide bonds. The second kappa shape index (κ2) is 18.9. The van der Waals surface area contributed by atoms with E-state index in [9.17, 15) is 0 Å². The highest BCUT2D eigenvalue weighted by molar-refractivity contribution is 5.84. The van der Waals surface area contributed by atoms with E-state index in [0.717, 1.165) is 19.5 Å². The monoisotopic (exact) mass is 419 g/mol. The standard InChI is InChI=1S/C27H53N3/c1-4-7-10-11-12-13-14-15-16-17-18-19-22-27-29-25(20-8-5-2)26(21-9-6-3)30(27)24-23-28/h16-17,25-26H,4-15,18-24,28H2,1-3H3. The van der Waals surface area contributed by atoms with Gasteiger partial charge < -0.3 is 10.6 Å². The van der Waals surface area contributed by atoms with Crippen LogP contribution in [0.1, 0.15) is 130 Å². The van der Waals surface area contributed by atoms with Crippen LogP contribution in [0.5, 0.6) is 0 Å². The molecular formula is C27H53N3. The van der Waals surface area contributed by atoms with E-state index < -0.39 is 0 Å². The summed E-state index contributed by atoms with van der Waals surface area (Å²) in [5.74, 6) is 1.35. The average molecular weight is 420 g/mol. The van der Waals surface area contributed by atoms with Crippen LogP contribution in [0.4, 0.5) is 0 Å². The molecule has 1 rings (SSSR count). The molecule has 0 saturated heterocycles. The SMILES string of the molecule is CCCCCCCCCC=CCCCC1=NC(CCCC)C(CCCC)N1CCN. The first-order valence-corrected chi connectivity index (χ1v) is 13.5. The molecule has 0 bridgehead atoms. The summed E-state index contributed by atoms with van der Waals surface area (Å²) in [5, 5.41) is 0. The van der Waals surface area contributed by atoms with Gasteiger partial charge in [0, 0.05) is 19.5 Å². The van der Waals surface area contributed by atoms with Crippen LogP contribution in [0.3, 0.4) is 0 Å². The van der Waals surface area contributed by atoms with E-state index >= 15 is 0 Å². The number of nitrogens with zero attached hydrogens (tertiary/aromatic N) is 2. The highest BCUT2D eigenvalue weighted by Crippen LogP contribution is 2.27. The molecule has 0 aliphatic carbocycles. The predicted octanol–water partition coefficient (Wildman–Crippen LogP) is 7.64. The molecular weight excluding hydrogens is 366 g/mol. The molecule has 3 heteroatoms. The van der Waals surface area contributed by atoms with Gasteiger partial charge in [-0.15, -0.1) is 0 Å². The van der Waals surface area contributed by atoms with Gasteiger partial charge in [0.2, 0.25) is 0 Å². The molecule has 0 spiro atoms. The summed E-state index contributed by atoms with van der Waals surface area (Å²) in [6, 6.07) is 1.11. The Kier molecular flexibility index (Phi) is 17.1. The Balaban J connectivity index is 2.33. The average Bonchev–Trinajstić information content (AvgIpc) is 3.08. The fourth-order valence-electron chi connectivity index (χ4n) is 4.66. The third kappa shape index (κ3) is 11.5. The van der Waals surface area contributed by atoms with Crippen LogP contribution in [0.15, 0.2) is 17.1 Å². The van der Waals surface area contributed by atoms with Crippen LogP contribution in [0.25, 0.3) is 0 Å². The Morgan fingerprint density at radius 2 is 1.37 bits per heavy atom. The topological polar surface area (TPSA) is 41.6 Å². The number of rotatable bonds is 20. The van der Waals surface area contributed by atoms with E-state index in [-0.39, 0.29) is 0 Å². The molecule has 1 aliphatic rings. The zero-order valence-corrected chi connectivity index (χ0v) is 20.7. The molecule has 2 atom stereocenters. The fraction of sp³-hybridized carbons (Fsp3) is 0.889. The van der Waals surface area contributed by atoms with Gasteiger partial charge in [-0.2, -0.15) is 0 Å². The second-order valence-electron chi connectivity index (χ2n) is 9.22. The highest BCUT2D eigenvalue weighted by atomic mass is 15.3. The van der Waals surface area contributed by atoms with E-state index in [0.29, 0.717) is 12.1 Å². The maximum atomic E-state index is 5.97. The number of hydrogen-bond donors (Lipinski definition) is 1. The zero-order chi connectivity index (χ0) is 21.9. The van der Waals surface area contributed by atoms with Crippen LogP contribution < -0.4 is 5.73 Å². The zero-order valence-electron chi connectivity index (χ0n) is 20.7. The first kappa shape index (κ1) is 27.2. The highest BCUT2D eigenvalue weighted by Gasteiger charge is 2.33. The number of allylic oxidation sites excluding steroid dienone is 2. The van der Waals surface area contributed by atoms with E-state index in [2.05, 4.69) is 37.8 Å². The Morgan fingerprint density at radius 3 is 2.03 bits per heavy atom. The minimum Gasteiger partial charge on any atom is -0.354 e. The molecule has 0 saturated carbocycles. The van der Waals surface area contributed by atoms with Gasteiger partial charge in [0.15, 0.2) is 0 Å². The summed E-state index contributed by atoms with van der Waals surface area (Å²) in [6.07, 6.45) is 27.0. The molecule has 30 heavy (non-hydrogen) atoms. The Morgan fingerprint density at radius 1 is 0.767 bits per heavy atom. The molecule has 0 aromatic rings. The van der Waals surface area contributed by atoms with Gasteiger partial charge in [-0.05, 0) is 38.5 Å². The normalized spacial score (nSPS) is 19.2. The molecule has 2 unspecified atom stereocenters. The van der Waals surface area contributed by atoms with Crippen molar-refractivity contribution in [3.05, 3.63) is 12.2 Å². The summed E-state index contributed by atoms with van der Waals surface area (Å²) >= 11 is 0. The predicted molar refractivity (Wildman–Crippen MR) is 135 cm³/mol. The maximum absolute atomic E-state index is 5.97. The van der Waals surface area contributed by atoms with Crippen LogP contribution in [0, 0.1) is 0 Å².